The van der Waals surface area contributed by atoms with Gasteiger partial charge < -0.3 is 19.9 Å². The Balaban J connectivity index is 1.39. The summed E-state index contributed by atoms with van der Waals surface area (Å²) in [4.78, 5) is 21.9. The first-order chi connectivity index (χ1) is 13.8. The Morgan fingerprint density at radius 1 is 1.00 bits per heavy atom. The number of nitrogens with one attached hydrogen (secondary N) is 1. The lowest BCUT2D eigenvalue weighted by Gasteiger charge is -2.36. The highest BCUT2D eigenvalue weighted by Gasteiger charge is 2.30. The van der Waals surface area contributed by atoms with Gasteiger partial charge in [0.15, 0.2) is 5.96 Å². The van der Waals surface area contributed by atoms with Gasteiger partial charge in [-0.3, -0.25) is 9.79 Å². The number of morpholine rings is 1. The quantitative estimate of drug-likeness (QED) is 0.411. The van der Waals surface area contributed by atoms with Crippen molar-refractivity contribution in [3.05, 3.63) is 0 Å². The van der Waals surface area contributed by atoms with E-state index in [2.05, 4.69) is 17.1 Å². The van der Waals surface area contributed by atoms with Crippen LogP contribution in [0.1, 0.15) is 64.7 Å². The minimum Gasteiger partial charge on any atom is -0.378 e. The lowest BCUT2D eigenvalue weighted by molar-refractivity contribution is -0.140. The van der Waals surface area contributed by atoms with Crippen LogP contribution in [0.2, 0.25) is 0 Å². The highest BCUT2D eigenvalue weighted by atomic mass is 16.5. The van der Waals surface area contributed by atoms with Gasteiger partial charge in [-0.05, 0) is 32.1 Å². The van der Waals surface area contributed by atoms with Gasteiger partial charge >= 0.3 is 0 Å². The number of piperidine rings is 1. The summed E-state index contributed by atoms with van der Waals surface area (Å²) in [6.07, 6.45) is 11.5. The second-order valence-electron chi connectivity index (χ2n) is 8.58. The molecule has 160 valence electrons. The minimum atomic E-state index is 0.170. The standard InChI is InChI=1S/C22H40N4O2/c1-2-23-22(24-12-6-5-9-19-7-3-4-8-19)26-13-10-20(11-14-26)21(27)25-15-17-28-18-16-25/h19-20H,2-18H2,1H3,(H,23,24). The number of guanidine groups is 1. The first-order valence-electron chi connectivity index (χ1n) is 11.7. The normalized spacial score (nSPS) is 22.7. The summed E-state index contributed by atoms with van der Waals surface area (Å²) in [5, 5.41) is 3.46. The van der Waals surface area contributed by atoms with Crippen LogP contribution < -0.4 is 5.32 Å². The number of hydrogen-bond donors (Lipinski definition) is 1. The molecular weight excluding hydrogens is 352 g/mol. The molecule has 3 aliphatic rings. The highest BCUT2D eigenvalue weighted by Crippen LogP contribution is 2.28. The SMILES string of the molecule is CCNC(=NCCCCC1CCCC1)N1CCC(C(=O)N2CCOCC2)CC1. The lowest BCUT2D eigenvalue weighted by Crippen LogP contribution is -2.50. The van der Waals surface area contributed by atoms with Crippen molar-refractivity contribution in [3.8, 4) is 0 Å². The molecule has 0 aromatic carbocycles. The molecule has 1 aliphatic carbocycles. The third kappa shape index (κ3) is 6.36. The zero-order valence-electron chi connectivity index (χ0n) is 17.8. The van der Waals surface area contributed by atoms with Crippen molar-refractivity contribution >= 4 is 11.9 Å². The minimum absolute atomic E-state index is 0.170. The molecule has 1 N–H and O–H groups in total. The van der Waals surface area contributed by atoms with E-state index in [1.807, 2.05) is 4.90 Å². The van der Waals surface area contributed by atoms with Crippen LogP contribution in [-0.4, -0.2) is 74.1 Å². The van der Waals surface area contributed by atoms with E-state index in [0.717, 1.165) is 64.0 Å². The smallest absolute Gasteiger partial charge is 0.225 e. The topological polar surface area (TPSA) is 57.2 Å². The molecule has 2 saturated heterocycles. The third-order valence-corrected chi connectivity index (χ3v) is 6.56. The van der Waals surface area contributed by atoms with Crippen LogP contribution in [-0.2, 0) is 9.53 Å². The molecule has 2 heterocycles. The predicted octanol–water partition coefficient (Wildman–Crippen LogP) is 2.88. The van der Waals surface area contributed by atoms with E-state index in [1.165, 1.54) is 44.9 Å². The second kappa shape index (κ2) is 11.6. The van der Waals surface area contributed by atoms with Crippen molar-refractivity contribution in [1.82, 2.24) is 15.1 Å². The summed E-state index contributed by atoms with van der Waals surface area (Å²) in [7, 11) is 0. The molecule has 6 nitrogen and oxygen atoms in total. The van der Waals surface area contributed by atoms with Gasteiger partial charge in [-0.25, -0.2) is 0 Å². The number of aliphatic imine (C=N–C) groups is 1. The van der Waals surface area contributed by atoms with Crippen LogP contribution in [0, 0.1) is 11.8 Å². The van der Waals surface area contributed by atoms with Gasteiger partial charge in [0.1, 0.15) is 0 Å². The highest BCUT2D eigenvalue weighted by molar-refractivity contribution is 5.81. The van der Waals surface area contributed by atoms with Gasteiger partial charge in [0.05, 0.1) is 13.2 Å². The van der Waals surface area contributed by atoms with Crippen molar-refractivity contribution in [2.75, 3.05) is 52.5 Å². The number of amides is 1. The molecule has 0 atom stereocenters. The second-order valence-corrected chi connectivity index (χ2v) is 8.58. The fourth-order valence-corrected chi connectivity index (χ4v) is 4.83. The summed E-state index contributed by atoms with van der Waals surface area (Å²) >= 11 is 0. The molecule has 3 fully saturated rings. The number of unbranched alkanes of at least 4 members (excludes halogenated alkanes) is 1. The first-order valence-corrected chi connectivity index (χ1v) is 11.7. The molecule has 28 heavy (non-hydrogen) atoms. The summed E-state index contributed by atoms with van der Waals surface area (Å²) in [5.74, 6) is 2.53. The van der Waals surface area contributed by atoms with E-state index in [1.54, 1.807) is 0 Å². The average Bonchev–Trinajstić information content (AvgIpc) is 3.26. The monoisotopic (exact) mass is 392 g/mol. The Kier molecular flexibility index (Phi) is 8.90. The summed E-state index contributed by atoms with van der Waals surface area (Å²) in [5.41, 5.74) is 0. The van der Waals surface area contributed by atoms with Crippen molar-refractivity contribution in [2.45, 2.75) is 64.7 Å². The number of ether oxygens (including phenoxy) is 1. The Bertz CT molecular complexity index is 491. The molecule has 0 unspecified atom stereocenters. The van der Waals surface area contributed by atoms with Crippen LogP contribution in [0.3, 0.4) is 0 Å². The van der Waals surface area contributed by atoms with Crippen LogP contribution in [0.4, 0.5) is 0 Å². The fourth-order valence-electron chi connectivity index (χ4n) is 4.83. The Morgan fingerprint density at radius 3 is 2.39 bits per heavy atom. The molecule has 1 amide bonds. The van der Waals surface area contributed by atoms with Gasteiger partial charge in [0.25, 0.3) is 0 Å². The van der Waals surface area contributed by atoms with Crippen molar-refractivity contribution in [1.29, 1.82) is 0 Å². The Hall–Kier alpha value is -1.30. The first kappa shape index (κ1) is 21.4. The molecule has 3 rings (SSSR count). The molecule has 0 radical (unpaired) electrons. The zero-order valence-corrected chi connectivity index (χ0v) is 17.8. The maximum Gasteiger partial charge on any atom is 0.225 e. The summed E-state index contributed by atoms with van der Waals surface area (Å²) < 4.78 is 5.37. The predicted molar refractivity (Wildman–Crippen MR) is 113 cm³/mol. The number of carbonyl (C=O) groups excluding carboxylic acids is 1. The van der Waals surface area contributed by atoms with Gasteiger partial charge in [0.2, 0.25) is 5.91 Å². The molecule has 2 aliphatic heterocycles. The maximum atomic E-state index is 12.7. The molecule has 0 aromatic rings. The molecule has 6 heteroatoms. The van der Waals surface area contributed by atoms with Crippen molar-refractivity contribution in [3.63, 3.8) is 0 Å². The van der Waals surface area contributed by atoms with E-state index in [9.17, 15) is 4.79 Å². The molecule has 0 aromatic heterocycles. The van der Waals surface area contributed by atoms with Gasteiger partial charge in [0, 0.05) is 45.2 Å². The lowest BCUT2D eigenvalue weighted by atomic mass is 9.95. The van der Waals surface area contributed by atoms with E-state index >= 15 is 0 Å². The van der Waals surface area contributed by atoms with Crippen LogP contribution >= 0.6 is 0 Å². The number of rotatable bonds is 7. The number of likely N-dealkylation sites (tertiary alicyclic amines) is 1. The molecule has 0 bridgehead atoms. The number of nitrogens with zero attached hydrogens (tertiary/aromatic N) is 3. The summed E-state index contributed by atoms with van der Waals surface area (Å²) in [6, 6.07) is 0. The van der Waals surface area contributed by atoms with Crippen LogP contribution in [0.25, 0.3) is 0 Å². The van der Waals surface area contributed by atoms with Gasteiger partial charge in [-0.2, -0.15) is 0 Å². The van der Waals surface area contributed by atoms with Crippen molar-refractivity contribution < 1.29 is 9.53 Å². The average molecular weight is 393 g/mol. The maximum absolute atomic E-state index is 12.7. The fraction of sp³-hybridized carbons (Fsp3) is 0.909. The van der Waals surface area contributed by atoms with Crippen molar-refractivity contribution in [2.24, 2.45) is 16.8 Å². The zero-order chi connectivity index (χ0) is 19.6. The largest absolute Gasteiger partial charge is 0.378 e. The molecule has 0 spiro atoms. The van der Waals surface area contributed by atoms with Crippen LogP contribution in [0.5, 0.6) is 0 Å². The molecule has 1 saturated carbocycles. The molecular formula is C22H40N4O2. The summed E-state index contributed by atoms with van der Waals surface area (Å²) in [6.45, 7) is 8.67. The third-order valence-electron chi connectivity index (χ3n) is 6.56. The van der Waals surface area contributed by atoms with E-state index in [4.69, 9.17) is 9.73 Å². The Labute approximate surface area is 171 Å². The van der Waals surface area contributed by atoms with Gasteiger partial charge in [-0.1, -0.05) is 38.5 Å². The van der Waals surface area contributed by atoms with Gasteiger partial charge in [-0.15, -0.1) is 0 Å². The van der Waals surface area contributed by atoms with E-state index in [-0.39, 0.29) is 5.92 Å². The van der Waals surface area contributed by atoms with Crippen LogP contribution in [0.15, 0.2) is 4.99 Å². The van der Waals surface area contributed by atoms with E-state index in [0.29, 0.717) is 19.1 Å². The van der Waals surface area contributed by atoms with E-state index < -0.39 is 0 Å². The number of carbonyl (C=O) groups is 1. The number of hydrogen-bond acceptors (Lipinski definition) is 3. The Morgan fingerprint density at radius 2 is 1.71 bits per heavy atom.